The van der Waals surface area contributed by atoms with Crippen LogP contribution in [0.2, 0.25) is 0 Å². The van der Waals surface area contributed by atoms with Crippen LogP contribution in [-0.2, 0) is 55.8 Å². The third-order valence-electron chi connectivity index (χ3n) is 18.0. The molecule has 0 aromatic carbocycles. The first-order valence-electron chi connectivity index (χ1n) is 42.2. The Labute approximate surface area is 640 Å². The van der Waals surface area contributed by atoms with E-state index in [0.29, 0.717) is 19.3 Å². The fourth-order valence-electron chi connectivity index (χ4n) is 11.6. The molecule has 0 aliphatic carbocycles. The van der Waals surface area contributed by atoms with Crippen molar-refractivity contribution in [2.24, 2.45) is 0 Å². The fourth-order valence-corrected chi connectivity index (χ4v) is 13.2. The summed E-state index contributed by atoms with van der Waals surface area (Å²) in [6.45, 7) is 2.57. The van der Waals surface area contributed by atoms with Crippen LogP contribution in [0, 0.1) is 0 Å². The Bertz CT molecular complexity index is 2340. The van der Waals surface area contributed by atoms with Gasteiger partial charge in [-0.15, -0.1) is 0 Å². The zero-order valence-electron chi connectivity index (χ0n) is 66.6. The molecule has 4 N–H and O–H groups in total. The maximum absolute atomic E-state index is 13.0. The average Bonchev–Trinajstić information content (AvgIpc) is 0.914. The van der Waals surface area contributed by atoms with Crippen LogP contribution in [0.25, 0.3) is 0 Å². The quantitative estimate of drug-likeness (QED) is 0.0146. The molecular weight excluding hydrogens is 1360 g/mol. The van der Waals surface area contributed by atoms with Crippen LogP contribution in [0.5, 0.6) is 0 Å². The van der Waals surface area contributed by atoms with Gasteiger partial charge >= 0.3 is 33.6 Å². The van der Waals surface area contributed by atoms with Crippen molar-refractivity contribution in [3.8, 4) is 0 Å². The van der Waals surface area contributed by atoms with Gasteiger partial charge in [-0.1, -0.05) is 348 Å². The average molecular weight is 1520 g/mol. The maximum Gasteiger partial charge on any atom is 0.472 e. The van der Waals surface area contributed by atoms with Crippen LogP contribution in [0.4, 0.5) is 0 Å². The van der Waals surface area contributed by atoms with Gasteiger partial charge in [0.15, 0.2) is 6.10 Å². The molecule has 5 unspecified atom stereocenters. The normalized spacial score (nSPS) is 14.5. The number of unbranched alkanes of at least 4 members (excludes halogenated alkanes) is 39. The minimum Gasteiger partial charge on any atom is -0.463 e. The van der Waals surface area contributed by atoms with E-state index in [0.717, 1.165) is 141 Å². The van der Waals surface area contributed by atoms with E-state index in [2.05, 4.69) is 130 Å². The molecule has 0 saturated carbocycles. The number of phosphoric ester groups is 2. The molecule has 0 amide bonds. The topological polar surface area (TPSA) is 231 Å². The number of aliphatic hydroxyl groups excluding tert-OH is 2. The summed E-state index contributed by atoms with van der Waals surface area (Å²) in [7, 11) is -9.79. The van der Waals surface area contributed by atoms with E-state index in [-0.39, 0.29) is 19.3 Å². The van der Waals surface area contributed by atoms with Crippen molar-refractivity contribution in [1.29, 1.82) is 0 Å². The lowest BCUT2D eigenvalue weighted by atomic mass is 10.0. The summed E-state index contributed by atoms with van der Waals surface area (Å²) in [5, 5.41) is 20.7. The zero-order chi connectivity index (χ0) is 76.6. The van der Waals surface area contributed by atoms with E-state index in [9.17, 15) is 43.5 Å². The van der Waals surface area contributed by atoms with Crippen LogP contribution in [-0.4, -0.2) is 95.9 Å². The number of phosphoric acid groups is 2. The highest BCUT2D eigenvalue weighted by Gasteiger charge is 2.29. The molecule has 0 saturated heterocycles. The SMILES string of the molecule is CC/C=C\C/C=C\C/C=C\C/C=C\C/C=C\CCCCCCCCCC(=O)OCC(COP(=O)(O)OCC(O)COP(=O)(O)OCC(O)COC(=O)CCCCCCCCCCCCCCCCCCC/C=C\C/C=C\C/C=C\C/C=C\CCCCC)OC(=O)CCCCCCCCCCCCCCC. The van der Waals surface area contributed by atoms with Gasteiger partial charge in [0.25, 0.3) is 0 Å². The van der Waals surface area contributed by atoms with Crippen LogP contribution in [0.1, 0.15) is 367 Å². The summed E-state index contributed by atoms with van der Waals surface area (Å²) in [6.07, 6.45) is 94.3. The number of esters is 3. The van der Waals surface area contributed by atoms with Gasteiger partial charge in [0.2, 0.25) is 0 Å². The van der Waals surface area contributed by atoms with Crippen molar-refractivity contribution >= 4 is 33.6 Å². The molecule has 16 nitrogen and oxygen atoms in total. The third-order valence-corrected chi connectivity index (χ3v) is 19.9. The largest absolute Gasteiger partial charge is 0.472 e. The predicted molar refractivity (Wildman–Crippen MR) is 436 cm³/mol. The lowest BCUT2D eigenvalue weighted by molar-refractivity contribution is -0.161. The summed E-state index contributed by atoms with van der Waals surface area (Å²) < 4.78 is 61.2. The van der Waals surface area contributed by atoms with Gasteiger partial charge in [0.05, 0.1) is 26.4 Å². The standard InChI is InChI=1S/C87H154O16P2/c1-4-7-10-13-16-19-22-25-27-29-31-33-35-36-37-38-39-40-41-42-43-44-46-48-49-51-53-56-58-61-64-67-70-73-85(90)97-76-82(88)77-99-104(93,94)100-78-83(89)79-101-105(95,96)102-81-84(103-87(92)75-72-69-66-63-60-55-24-21-18-15-12-9-6-3)80-98-86(91)74-71-68-65-62-59-57-54-52-50-47-45-34-32-30-28-26-23-20-17-14-11-8-5-2/h8,11,16-17,19-20,25-28,31-34,36-37,47,50,82-84,88-89H,4-7,9-10,12-15,18,21-24,29-30,35,38-46,48-49,51-81H2,1-3H3,(H,93,94)(H,95,96)/b11-8-,19-16-,20-17-,27-25-,28-26-,33-31-,34-32-,37-36-,50-47-. The second-order valence-electron chi connectivity index (χ2n) is 28.3. The number of hydrogen-bond acceptors (Lipinski definition) is 14. The Morgan fingerprint density at radius 3 is 0.819 bits per heavy atom. The Morgan fingerprint density at radius 1 is 0.276 bits per heavy atom. The molecule has 105 heavy (non-hydrogen) atoms. The summed E-state index contributed by atoms with van der Waals surface area (Å²) >= 11 is 0. The van der Waals surface area contributed by atoms with Gasteiger partial charge in [-0.3, -0.25) is 32.5 Å². The zero-order valence-corrected chi connectivity index (χ0v) is 68.4. The van der Waals surface area contributed by atoms with Crippen LogP contribution in [0.3, 0.4) is 0 Å². The molecule has 0 spiro atoms. The van der Waals surface area contributed by atoms with Gasteiger partial charge in [-0.2, -0.15) is 0 Å². The molecule has 0 rings (SSSR count). The van der Waals surface area contributed by atoms with Gasteiger partial charge in [0.1, 0.15) is 25.4 Å². The summed E-state index contributed by atoms with van der Waals surface area (Å²) in [4.78, 5) is 58.7. The summed E-state index contributed by atoms with van der Waals surface area (Å²) in [5.74, 6) is -1.57. The van der Waals surface area contributed by atoms with Crippen LogP contribution >= 0.6 is 15.6 Å². The number of carbonyl (C=O) groups excluding carboxylic acids is 3. The molecule has 0 heterocycles. The molecule has 0 fully saturated rings. The number of carbonyl (C=O) groups is 3. The molecule has 0 aromatic heterocycles. The Morgan fingerprint density at radius 2 is 0.505 bits per heavy atom. The van der Waals surface area contributed by atoms with Crippen LogP contribution < -0.4 is 0 Å². The molecule has 18 heteroatoms. The highest BCUT2D eigenvalue weighted by atomic mass is 31.2. The summed E-state index contributed by atoms with van der Waals surface area (Å²) in [5.41, 5.74) is 0. The van der Waals surface area contributed by atoms with Crippen LogP contribution in [0.15, 0.2) is 109 Å². The molecule has 0 radical (unpaired) electrons. The third kappa shape index (κ3) is 81.0. The first-order chi connectivity index (χ1) is 51.2. The van der Waals surface area contributed by atoms with E-state index in [4.69, 9.17) is 32.3 Å². The van der Waals surface area contributed by atoms with E-state index in [1.54, 1.807) is 0 Å². The molecule has 5 atom stereocenters. The number of rotatable bonds is 80. The number of allylic oxidation sites excluding steroid dienone is 18. The van der Waals surface area contributed by atoms with Gasteiger partial charge in [0, 0.05) is 19.3 Å². The van der Waals surface area contributed by atoms with Gasteiger partial charge < -0.3 is 34.2 Å². The number of ether oxygens (including phenoxy) is 3. The maximum atomic E-state index is 13.0. The molecule has 0 aliphatic rings. The molecular formula is C87H154O16P2. The van der Waals surface area contributed by atoms with E-state index in [1.165, 1.54) is 167 Å². The highest BCUT2D eigenvalue weighted by Crippen LogP contribution is 2.45. The van der Waals surface area contributed by atoms with Crippen molar-refractivity contribution in [1.82, 2.24) is 0 Å². The number of aliphatic hydroxyl groups is 2. The monoisotopic (exact) mass is 1520 g/mol. The Balaban J connectivity index is 4.41. The lowest BCUT2D eigenvalue weighted by Gasteiger charge is -2.21. The van der Waals surface area contributed by atoms with E-state index < -0.39 is 91.5 Å². The molecule has 608 valence electrons. The highest BCUT2D eigenvalue weighted by molar-refractivity contribution is 7.47. The Hall–Kier alpha value is -3.79. The minimum atomic E-state index is -4.93. The molecule has 0 bridgehead atoms. The molecule has 0 aromatic rings. The van der Waals surface area contributed by atoms with Crippen molar-refractivity contribution < 1.29 is 75.8 Å². The predicted octanol–water partition coefficient (Wildman–Crippen LogP) is 25.1. The second kappa shape index (κ2) is 79.8. The van der Waals surface area contributed by atoms with Gasteiger partial charge in [-0.05, 0) is 109 Å². The van der Waals surface area contributed by atoms with Crippen molar-refractivity contribution in [2.75, 3.05) is 39.6 Å². The van der Waals surface area contributed by atoms with Gasteiger partial charge in [-0.25, -0.2) is 9.13 Å². The van der Waals surface area contributed by atoms with E-state index in [1.807, 2.05) is 0 Å². The lowest BCUT2D eigenvalue weighted by Crippen LogP contribution is -2.30. The Kier molecular flexibility index (Phi) is 76.9. The fraction of sp³-hybridized carbons (Fsp3) is 0.759. The van der Waals surface area contributed by atoms with E-state index >= 15 is 0 Å². The second-order valence-corrected chi connectivity index (χ2v) is 31.2. The number of hydrogen-bond donors (Lipinski definition) is 4. The van der Waals surface area contributed by atoms with Crippen molar-refractivity contribution in [3.63, 3.8) is 0 Å². The van der Waals surface area contributed by atoms with Crippen molar-refractivity contribution in [2.45, 2.75) is 386 Å². The molecule has 0 aliphatic heterocycles. The van der Waals surface area contributed by atoms with Crippen molar-refractivity contribution in [3.05, 3.63) is 109 Å². The first kappa shape index (κ1) is 101. The smallest absolute Gasteiger partial charge is 0.463 e. The summed E-state index contributed by atoms with van der Waals surface area (Å²) in [6, 6.07) is 0. The minimum absolute atomic E-state index is 0.105. The first-order valence-corrected chi connectivity index (χ1v) is 45.2.